The fourth-order valence-electron chi connectivity index (χ4n) is 3.00. The average Bonchev–Trinajstić information content (AvgIpc) is 3.59. The predicted octanol–water partition coefficient (Wildman–Crippen LogP) is 4.35. The molecule has 1 saturated carbocycles. The molecule has 0 radical (unpaired) electrons. The van der Waals surface area contributed by atoms with Crippen LogP contribution in [0.5, 0.6) is 0 Å². The minimum atomic E-state index is -4.79. The number of rotatable bonds is 11. The second-order valence-corrected chi connectivity index (χ2v) is 8.98. The summed E-state index contributed by atoms with van der Waals surface area (Å²) >= 11 is 1.15. The molecule has 0 bridgehead atoms. The van der Waals surface area contributed by atoms with E-state index in [2.05, 4.69) is 35.4 Å². The van der Waals surface area contributed by atoms with Gasteiger partial charge in [-0.25, -0.2) is 4.79 Å². The zero-order valence-corrected chi connectivity index (χ0v) is 20.6. The molecule has 196 valence electrons. The second-order valence-electron chi connectivity index (χ2n) is 8.17. The molecule has 2 aliphatic carbocycles. The van der Waals surface area contributed by atoms with E-state index < -0.39 is 12.4 Å². The number of carbonyl (C=O) groups is 2. The summed E-state index contributed by atoms with van der Waals surface area (Å²) in [4.78, 5) is 29.1. The SMILES string of the molecule is CC/C(=C\C=N/C(C)NC(=O)NC1CC1)CNc1[nH]sc1C(=O)NC1C=CC=C(OC(F)(F)F)C=C1. The molecule has 2 unspecified atom stereocenters. The predicted molar refractivity (Wildman–Crippen MR) is 133 cm³/mol. The Hall–Kier alpha value is -3.48. The second kappa shape index (κ2) is 12.5. The van der Waals surface area contributed by atoms with E-state index >= 15 is 0 Å². The minimum absolute atomic E-state index is 0.226. The van der Waals surface area contributed by atoms with Crippen molar-refractivity contribution in [1.29, 1.82) is 0 Å². The van der Waals surface area contributed by atoms with Crippen LogP contribution in [0.4, 0.5) is 23.8 Å². The molecule has 3 rings (SSSR count). The Morgan fingerprint density at radius 3 is 2.72 bits per heavy atom. The summed E-state index contributed by atoms with van der Waals surface area (Å²) in [7, 11) is 0. The topological polar surface area (TPSA) is 120 Å². The maximum atomic E-state index is 12.6. The van der Waals surface area contributed by atoms with E-state index in [-0.39, 0.29) is 29.9 Å². The van der Waals surface area contributed by atoms with Crippen molar-refractivity contribution in [1.82, 2.24) is 20.3 Å². The Morgan fingerprint density at radius 2 is 2.08 bits per heavy atom. The molecule has 2 atom stereocenters. The fraction of sp³-hybridized carbons (Fsp3) is 0.435. The van der Waals surface area contributed by atoms with Gasteiger partial charge < -0.3 is 26.0 Å². The number of aromatic nitrogens is 1. The number of ether oxygens (including phenoxy) is 1. The highest BCUT2D eigenvalue weighted by atomic mass is 32.1. The van der Waals surface area contributed by atoms with Crippen molar-refractivity contribution in [2.75, 3.05) is 11.9 Å². The highest BCUT2D eigenvalue weighted by Crippen LogP contribution is 2.24. The van der Waals surface area contributed by atoms with Gasteiger partial charge in [0.1, 0.15) is 22.6 Å². The lowest BCUT2D eigenvalue weighted by atomic mass is 10.2. The highest BCUT2D eigenvalue weighted by molar-refractivity contribution is 7.10. The third-order valence-electron chi connectivity index (χ3n) is 5.09. The van der Waals surface area contributed by atoms with Crippen LogP contribution in [-0.4, -0.2) is 53.7 Å². The van der Waals surface area contributed by atoms with E-state index in [0.717, 1.165) is 42.4 Å². The van der Waals surface area contributed by atoms with Gasteiger partial charge in [-0.15, -0.1) is 13.2 Å². The summed E-state index contributed by atoms with van der Waals surface area (Å²) in [5, 5.41) is 11.5. The maximum Gasteiger partial charge on any atom is 0.573 e. The molecular formula is C23H29F3N6O3S. The molecule has 1 heterocycles. The lowest BCUT2D eigenvalue weighted by molar-refractivity contribution is -0.303. The lowest BCUT2D eigenvalue weighted by Crippen LogP contribution is -2.40. The van der Waals surface area contributed by atoms with Crippen LogP contribution < -0.4 is 21.3 Å². The molecule has 0 aliphatic heterocycles. The molecule has 1 aromatic heterocycles. The van der Waals surface area contributed by atoms with Gasteiger partial charge in [-0.1, -0.05) is 36.7 Å². The maximum absolute atomic E-state index is 12.6. The molecule has 9 nitrogen and oxygen atoms in total. The van der Waals surface area contributed by atoms with Crippen molar-refractivity contribution in [2.45, 2.75) is 57.7 Å². The number of alkyl halides is 3. The quantitative estimate of drug-likeness (QED) is 0.276. The van der Waals surface area contributed by atoms with Gasteiger partial charge in [0, 0.05) is 18.8 Å². The smallest absolute Gasteiger partial charge is 0.406 e. The largest absolute Gasteiger partial charge is 0.573 e. The van der Waals surface area contributed by atoms with E-state index in [4.69, 9.17) is 0 Å². The minimum Gasteiger partial charge on any atom is -0.406 e. The average molecular weight is 527 g/mol. The monoisotopic (exact) mass is 526 g/mol. The Morgan fingerprint density at radius 1 is 1.31 bits per heavy atom. The van der Waals surface area contributed by atoms with Gasteiger partial charge in [0.05, 0.1) is 6.04 Å². The Balaban J connectivity index is 1.45. The fourth-order valence-corrected chi connectivity index (χ4v) is 3.60. The van der Waals surface area contributed by atoms with Crippen LogP contribution in [0.15, 0.2) is 52.8 Å². The standard InChI is InChI=1S/C23H29F3N6O3S/c1-3-15(11-12-27-14(2)29-22(34)31-17-7-8-17)13-28-20-19(36-32-20)21(33)30-16-5-4-6-18(10-9-16)35-23(24,25)26/h4-6,9-12,14,16-17,28,32H,3,7-8,13H2,1-2H3,(H,30,33)(H2,29,31,34)/b15-11+,27-12-. The first-order valence-electron chi connectivity index (χ1n) is 11.5. The number of hydrogen-bond acceptors (Lipinski definition) is 6. The first-order chi connectivity index (χ1) is 17.1. The van der Waals surface area contributed by atoms with Gasteiger partial charge in [-0.3, -0.25) is 14.2 Å². The molecule has 0 aromatic carbocycles. The van der Waals surface area contributed by atoms with E-state index in [1.165, 1.54) is 18.2 Å². The van der Waals surface area contributed by atoms with E-state index in [9.17, 15) is 22.8 Å². The van der Waals surface area contributed by atoms with Crippen LogP contribution >= 0.6 is 11.5 Å². The number of halogens is 3. The normalized spacial score (nSPS) is 19.0. The number of allylic oxidation sites excluding steroid dienone is 4. The number of nitrogens with zero attached hydrogens (tertiary/aromatic N) is 1. The zero-order valence-electron chi connectivity index (χ0n) is 19.8. The van der Waals surface area contributed by atoms with Crippen molar-refractivity contribution in [2.24, 2.45) is 4.99 Å². The molecular weight excluding hydrogens is 497 g/mol. The summed E-state index contributed by atoms with van der Waals surface area (Å²) in [6.45, 7) is 4.24. The van der Waals surface area contributed by atoms with Gasteiger partial charge in [-0.2, -0.15) is 0 Å². The summed E-state index contributed by atoms with van der Waals surface area (Å²) in [5.74, 6) is -0.180. The van der Waals surface area contributed by atoms with Crippen LogP contribution in [0.25, 0.3) is 0 Å². The van der Waals surface area contributed by atoms with E-state index in [1.54, 1.807) is 19.2 Å². The Kier molecular flexibility index (Phi) is 9.39. The summed E-state index contributed by atoms with van der Waals surface area (Å²) in [5.41, 5.74) is 1.03. The summed E-state index contributed by atoms with van der Waals surface area (Å²) in [6.07, 6.45) is 7.80. The number of H-pyrrole nitrogens is 1. The first kappa shape index (κ1) is 27.1. The number of nitrogens with one attached hydrogen (secondary N) is 5. The highest BCUT2D eigenvalue weighted by Gasteiger charge is 2.31. The van der Waals surface area contributed by atoms with E-state index in [1.807, 2.05) is 13.0 Å². The van der Waals surface area contributed by atoms with Gasteiger partial charge in [-0.05, 0) is 50.0 Å². The zero-order chi connectivity index (χ0) is 26.1. The third-order valence-corrected chi connectivity index (χ3v) is 5.99. The van der Waals surface area contributed by atoms with Crippen molar-refractivity contribution in [3.05, 3.63) is 52.7 Å². The summed E-state index contributed by atoms with van der Waals surface area (Å²) in [6, 6.07) is -0.542. The molecule has 13 heteroatoms. The third kappa shape index (κ3) is 9.29. The van der Waals surface area contributed by atoms with Gasteiger partial charge in [0.2, 0.25) is 0 Å². The molecule has 5 N–H and O–H groups in total. The lowest BCUT2D eigenvalue weighted by Gasteiger charge is -2.17. The number of aliphatic imine (C=N–C) groups is 1. The van der Waals surface area contributed by atoms with E-state index in [0.29, 0.717) is 17.2 Å². The molecule has 36 heavy (non-hydrogen) atoms. The molecule has 1 fully saturated rings. The molecule has 1 aromatic rings. The number of carbonyl (C=O) groups excluding carboxylic acids is 2. The number of hydrogen-bond donors (Lipinski definition) is 5. The number of aromatic amines is 1. The van der Waals surface area contributed by atoms with Crippen molar-refractivity contribution in [3.63, 3.8) is 0 Å². The molecule has 2 aliphatic rings. The first-order valence-corrected chi connectivity index (χ1v) is 12.3. The number of anilines is 1. The van der Waals surface area contributed by atoms with Crippen molar-refractivity contribution < 1.29 is 27.5 Å². The molecule has 3 amide bonds. The summed E-state index contributed by atoms with van der Waals surface area (Å²) < 4.78 is 44.0. The molecule has 0 saturated heterocycles. The van der Waals surface area contributed by atoms with Crippen LogP contribution in [-0.2, 0) is 4.74 Å². The van der Waals surface area contributed by atoms with Gasteiger partial charge in [0.15, 0.2) is 0 Å². The van der Waals surface area contributed by atoms with Crippen LogP contribution in [0, 0.1) is 0 Å². The van der Waals surface area contributed by atoms with Gasteiger partial charge in [0.25, 0.3) is 5.91 Å². The van der Waals surface area contributed by atoms with Crippen LogP contribution in [0.3, 0.4) is 0 Å². The number of urea groups is 1. The van der Waals surface area contributed by atoms with Gasteiger partial charge >= 0.3 is 12.4 Å². The van der Waals surface area contributed by atoms with Crippen molar-refractivity contribution in [3.8, 4) is 0 Å². The Bertz CT molecular complexity index is 1070. The number of amides is 3. The molecule has 0 spiro atoms. The van der Waals surface area contributed by atoms with Crippen molar-refractivity contribution >= 4 is 35.5 Å². The Labute approximate surface area is 210 Å². The van der Waals surface area contributed by atoms with Crippen LogP contribution in [0.1, 0.15) is 42.8 Å². The van der Waals surface area contributed by atoms with Crippen LogP contribution in [0.2, 0.25) is 0 Å².